The van der Waals surface area contributed by atoms with E-state index in [2.05, 4.69) is 9.72 Å². The molecule has 2 rings (SSSR count). The van der Waals surface area contributed by atoms with Gasteiger partial charge in [-0.2, -0.15) is 0 Å². The topological polar surface area (TPSA) is 68.7 Å². The van der Waals surface area contributed by atoms with Gasteiger partial charge in [-0.15, -0.1) is 11.3 Å². The Morgan fingerprint density at radius 1 is 1.63 bits per heavy atom. The molecule has 0 aromatic carbocycles. The molecule has 1 aliphatic heterocycles. The fourth-order valence-electron chi connectivity index (χ4n) is 1.95. The van der Waals surface area contributed by atoms with Crippen molar-refractivity contribution in [1.29, 1.82) is 0 Å². The first-order valence-electron chi connectivity index (χ1n) is 5.99. The Labute approximate surface area is 115 Å². The third kappa shape index (κ3) is 3.30. The Balaban J connectivity index is 1.99. The fourth-order valence-corrected chi connectivity index (χ4v) is 2.72. The molecule has 7 heteroatoms. The number of ether oxygens (including phenoxy) is 2. The minimum absolute atomic E-state index is 0.0434. The van der Waals surface area contributed by atoms with E-state index in [1.54, 1.807) is 10.4 Å². The third-order valence-electron chi connectivity index (χ3n) is 2.99. The van der Waals surface area contributed by atoms with E-state index in [0.29, 0.717) is 24.6 Å². The SMILES string of the molecule is COC(=O)CC1CN(C(=O)c2scnc2C)CCO1. The highest BCUT2D eigenvalue weighted by molar-refractivity contribution is 7.11. The first-order chi connectivity index (χ1) is 9.11. The molecule has 1 aromatic rings. The molecule has 1 fully saturated rings. The Kier molecular flexibility index (Phi) is 4.49. The van der Waals surface area contributed by atoms with Crippen molar-refractivity contribution in [3.05, 3.63) is 16.1 Å². The molecule has 104 valence electrons. The Morgan fingerprint density at radius 2 is 2.42 bits per heavy atom. The van der Waals surface area contributed by atoms with E-state index in [1.807, 2.05) is 6.92 Å². The number of thiazole rings is 1. The highest BCUT2D eigenvalue weighted by atomic mass is 32.1. The predicted octanol–water partition coefficient (Wildman–Crippen LogP) is 0.856. The molecule has 2 heterocycles. The zero-order chi connectivity index (χ0) is 13.8. The predicted molar refractivity (Wildman–Crippen MR) is 69.1 cm³/mol. The van der Waals surface area contributed by atoms with Crippen LogP contribution in [0.1, 0.15) is 21.8 Å². The number of esters is 1. The maximum atomic E-state index is 12.3. The van der Waals surface area contributed by atoms with Crippen molar-refractivity contribution in [3.8, 4) is 0 Å². The number of amides is 1. The second kappa shape index (κ2) is 6.12. The zero-order valence-corrected chi connectivity index (χ0v) is 11.7. The van der Waals surface area contributed by atoms with E-state index in [0.717, 1.165) is 5.69 Å². The van der Waals surface area contributed by atoms with Crippen molar-refractivity contribution >= 4 is 23.2 Å². The lowest BCUT2D eigenvalue weighted by Crippen LogP contribution is -2.46. The number of hydrogen-bond acceptors (Lipinski definition) is 6. The first-order valence-corrected chi connectivity index (χ1v) is 6.87. The van der Waals surface area contributed by atoms with Gasteiger partial charge in [-0.25, -0.2) is 4.98 Å². The Morgan fingerprint density at radius 3 is 3.05 bits per heavy atom. The lowest BCUT2D eigenvalue weighted by atomic mass is 10.2. The molecule has 0 aliphatic carbocycles. The van der Waals surface area contributed by atoms with Crippen LogP contribution in [-0.4, -0.2) is 54.7 Å². The van der Waals surface area contributed by atoms with Crippen LogP contribution in [0.4, 0.5) is 0 Å². The minimum Gasteiger partial charge on any atom is -0.469 e. The van der Waals surface area contributed by atoms with Crippen LogP contribution in [0, 0.1) is 6.92 Å². The number of aryl methyl sites for hydroxylation is 1. The number of morpholine rings is 1. The van der Waals surface area contributed by atoms with E-state index in [9.17, 15) is 9.59 Å². The molecule has 1 atom stereocenters. The average Bonchev–Trinajstić information content (AvgIpc) is 2.84. The maximum absolute atomic E-state index is 12.3. The van der Waals surface area contributed by atoms with E-state index in [4.69, 9.17) is 4.74 Å². The van der Waals surface area contributed by atoms with Gasteiger partial charge >= 0.3 is 5.97 Å². The normalized spacial score (nSPS) is 19.3. The van der Waals surface area contributed by atoms with Gasteiger partial charge in [-0.3, -0.25) is 9.59 Å². The number of carbonyl (C=O) groups is 2. The molecule has 0 N–H and O–H groups in total. The van der Waals surface area contributed by atoms with Gasteiger partial charge in [-0.05, 0) is 6.92 Å². The van der Waals surface area contributed by atoms with Gasteiger partial charge in [0.25, 0.3) is 5.91 Å². The van der Waals surface area contributed by atoms with Gasteiger partial charge in [0.2, 0.25) is 0 Å². The minimum atomic E-state index is -0.326. The maximum Gasteiger partial charge on any atom is 0.308 e. The van der Waals surface area contributed by atoms with E-state index in [1.165, 1.54) is 18.4 Å². The standard InChI is InChI=1S/C12H16N2O4S/c1-8-11(19-7-13-8)12(16)14-3-4-18-9(6-14)5-10(15)17-2/h7,9H,3-6H2,1-2H3. The highest BCUT2D eigenvalue weighted by Gasteiger charge is 2.28. The molecule has 1 aliphatic rings. The van der Waals surface area contributed by atoms with Crippen molar-refractivity contribution in [2.45, 2.75) is 19.4 Å². The zero-order valence-electron chi connectivity index (χ0n) is 10.9. The number of nitrogens with zero attached hydrogens (tertiary/aromatic N) is 2. The molecule has 0 spiro atoms. The van der Waals surface area contributed by atoms with Gasteiger partial charge < -0.3 is 14.4 Å². The van der Waals surface area contributed by atoms with Crippen LogP contribution >= 0.6 is 11.3 Å². The second-order valence-electron chi connectivity index (χ2n) is 4.29. The quantitative estimate of drug-likeness (QED) is 0.770. The molecule has 19 heavy (non-hydrogen) atoms. The van der Waals surface area contributed by atoms with Gasteiger partial charge in [0.05, 0.1) is 37.4 Å². The fraction of sp³-hybridized carbons (Fsp3) is 0.583. The molecule has 6 nitrogen and oxygen atoms in total. The highest BCUT2D eigenvalue weighted by Crippen LogP contribution is 2.18. The summed E-state index contributed by atoms with van der Waals surface area (Å²) in [4.78, 5) is 30.0. The lowest BCUT2D eigenvalue weighted by molar-refractivity contribution is -0.145. The average molecular weight is 284 g/mol. The van der Waals surface area contributed by atoms with E-state index in [-0.39, 0.29) is 24.4 Å². The first kappa shape index (κ1) is 14.0. The van der Waals surface area contributed by atoms with Crippen LogP contribution in [0.2, 0.25) is 0 Å². The molecule has 1 aromatic heterocycles. The summed E-state index contributed by atoms with van der Waals surface area (Å²) in [5, 5.41) is 0. The Bertz CT molecular complexity index is 474. The van der Waals surface area contributed by atoms with Crippen molar-refractivity contribution in [2.75, 3.05) is 26.8 Å². The molecule has 1 unspecified atom stereocenters. The monoisotopic (exact) mass is 284 g/mol. The van der Waals surface area contributed by atoms with E-state index < -0.39 is 0 Å². The van der Waals surface area contributed by atoms with Crippen LogP contribution in [0.15, 0.2) is 5.51 Å². The summed E-state index contributed by atoms with van der Waals surface area (Å²) in [7, 11) is 1.34. The summed E-state index contributed by atoms with van der Waals surface area (Å²) in [6, 6.07) is 0. The van der Waals surface area contributed by atoms with Crippen LogP contribution < -0.4 is 0 Å². The number of hydrogen-bond donors (Lipinski definition) is 0. The number of aromatic nitrogens is 1. The third-order valence-corrected chi connectivity index (χ3v) is 3.90. The molecule has 1 saturated heterocycles. The van der Waals surface area contributed by atoms with Crippen LogP contribution in [-0.2, 0) is 14.3 Å². The van der Waals surface area contributed by atoms with Crippen molar-refractivity contribution < 1.29 is 19.1 Å². The smallest absolute Gasteiger partial charge is 0.308 e. The number of carbonyl (C=O) groups excluding carboxylic acids is 2. The number of rotatable bonds is 3. The molecular formula is C12H16N2O4S. The van der Waals surface area contributed by atoms with Crippen LogP contribution in [0.25, 0.3) is 0 Å². The molecule has 0 radical (unpaired) electrons. The van der Waals surface area contributed by atoms with Crippen molar-refractivity contribution in [3.63, 3.8) is 0 Å². The summed E-state index contributed by atoms with van der Waals surface area (Å²) in [6.07, 6.45) is -0.125. The van der Waals surface area contributed by atoms with Gasteiger partial charge in [0.1, 0.15) is 4.88 Å². The van der Waals surface area contributed by atoms with Crippen LogP contribution in [0.3, 0.4) is 0 Å². The Hall–Kier alpha value is -1.47. The van der Waals surface area contributed by atoms with Crippen molar-refractivity contribution in [2.24, 2.45) is 0 Å². The number of methoxy groups -OCH3 is 1. The molecule has 0 bridgehead atoms. The van der Waals surface area contributed by atoms with E-state index >= 15 is 0 Å². The summed E-state index contributed by atoms with van der Waals surface area (Å²) >= 11 is 1.34. The summed E-state index contributed by atoms with van der Waals surface area (Å²) in [5.41, 5.74) is 2.40. The van der Waals surface area contributed by atoms with Gasteiger partial charge in [0.15, 0.2) is 0 Å². The van der Waals surface area contributed by atoms with Crippen LogP contribution in [0.5, 0.6) is 0 Å². The molecular weight excluding hydrogens is 268 g/mol. The molecule has 0 saturated carbocycles. The summed E-state index contributed by atoms with van der Waals surface area (Å²) in [6.45, 7) is 3.19. The second-order valence-corrected chi connectivity index (χ2v) is 5.15. The molecule has 1 amide bonds. The summed E-state index contributed by atoms with van der Waals surface area (Å²) in [5.74, 6) is -0.369. The summed E-state index contributed by atoms with van der Waals surface area (Å²) < 4.78 is 10.1. The largest absolute Gasteiger partial charge is 0.469 e. The lowest BCUT2D eigenvalue weighted by Gasteiger charge is -2.32. The van der Waals surface area contributed by atoms with Gasteiger partial charge in [0, 0.05) is 13.1 Å². The van der Waals surface area contributed by atoms with Crippen molar-refractivity contribution in [1.82, 2.24) is 9.88 Å². The van der Waals surface area contributed by atoms with Gasteiger partial charge in [-0.1, -0.05) is 0 Å².